The number of carbonyl (C=O) groups excluding carboxylic acids is 1. The third kappa shape index (κ3) is 3.97. The van der Waals surface area contributed by atoms with Crippen molar-refractivity contribution in [1.82, 2.24) is 9.88 Å². The highest BCUT2D eigenvalue weighted by molar-refractivity contribution is 5.76. The van der Waals surface area contributed by atoms with Gasteiger partial charge in [-0.15, -0.1) is 0 Å². The van der Waals surface area contributed by atoms with E-state index < -0.39 is 0 Å². The van der Waals surface area contributed by atoms with Gasteiger partial charge < -0.3 is 9.32 Å². The van der Waals surface area contributed by atoms with Crippen molar-refractivity contribution in [2.24, 2.45) is 0 Å². The molecule has 1 aromatic heterocycles. The quantitative estimate of drug-likeness (QED) is 0.814. The molecule has 0 saturated heterocycles. The van der Waals surface area contributed by atoms with Crippen molar-refractivity contribution in [3.8, 4) is 11.3 Å². The number of carbonyl (C=O) groups is 1. The molecular formula is C18H24N2O2. The van der Waals surface area contributed by atoms with E-state index in [-0.39, 0.29) is 11.9 Å². The summed E-state index contributed by atoms with van der Waals surface area (Å²) in [4.78, 5) is 18.2. The fraction of sp³-hybridized carbons (Fsp3) is 0.444. The lowest BCUT2D eigenvalue weighted by molar-refractivity contribution is -0.131. The highest BCUT2D eigenvalue weighted by Crippen LogP contribution is 2.21. The smallest absolute Gasteiger partial charge is 0.223 e. The van der Waals surface area contributed by atoms with Gasteiger partial charge in [0.05, 0.1) is 6.20 Å². The van der Waals surface area contributed by atoms with Gasteiger partial charge in [0.25, 0.3) is 0 Å². The molecule has 1 unspecified atom stereocenters. The molecule has 1 atom stereocenters. The number of hydrogen-bond acceptors (Lipinski definition) is 3. The normalized spacial score (nSPS) is 12.2. The number of aryl methyl sites for hydroxylation is 2. The maximum absolute atomic E-state index is 12.1. The molecule has 0 aliphatic rings. The molecule has 4 heteroatoms. The van der Waals surface area contributed by atoms with Crippen molar-refractivity contribution in [1.29, 1.82) is 0 Å². The summed E-state index contributed by atoms with van der Waals surface area (Å²) in [7, 11) is 1.85. The summed E-state index contributed by atoms with van der Waals surface area (Å²) in [5.41, 5.74) is 2.22. The van der Waals surface area contributed by atoms with Crippen molar-refractivity contribution in [3.05, 3.63) is 41.9 Å². The van der Waals surface area contributed by atoms with Crippen LogP contribution in [0, 0.1) is 6.92 Å². The molecule has 0 N–H and O–H groups in total. The molecule has 1 aromatic carbocycles. The minimum Gasteiger partial charge on any atom is -0.441 e. The molecule has 4 nitrogen and oxygen atoms in total. The molecule has 0 aliphatic carbocycles. The Bertz CT molecular complexity index is 616. The van der Waals surface area contributed by atoms with Crippen LogP contribution in [0.3, 0.4) is 0 Å². The zero-order valence-corrected chi connectivity index (χ0v) is 13.8. The Morgan fingerprint density at radius 1 is 1.32 bits per heavy atom. The lowest BCUT2D eigenvalue weighted by atomic mass is 10.1. The summed E-state index contributed by atoms with van der Waals surface area (Å²) in [6.07, 6.45) is 3.64. The summed E-state index contributed by atoms with van der Waals surface area (Å²) < 4.78 is 5.74. The maximum Gasteiger partial charge on any atom is 0.223 e. The van der Waals surface area contributed by atoms with Crippen molar-refractivity contribution < 1.29 is 9.21 Å². The Kier molecular flexibility index (Phi) is 5.36. The molecular weight excluding hydrogens is 276 g/mol. The van der Waals surface area contributed by atoms with Crippen LogP contribution in [0.1, 0.15) is 38.1 Å². The summed E-state index contributed by atoms with van der Waals surface area (Å²) in [6.45, 7) is 6.18. The molecule has 0 aliphatic heterocycles. The molecule has 0 radical (unpaired) electrons. The number of benzene rings is 1. The van der Waals surface area contributed by atoms with Gasteiger partial charge in [-0.3, -0.25) is 4.79 Å². The van der Waals surface area contributed by atoms with E-state index in [1.807, 2.05) is 31.3 Å². The Morgan fingerprint density at radius 3 is 2.64 bits per heavy atom. The molecule has 0 spiro atoms. The fourth-order valence-electron chi connectivity index (χ4n) is 2.19. The van der Waals surface area contributed by atoms with Gasteiger partial charge in [-0.2, -0.15) is 0 Å². The van der Waals surface area contributed by atoms with E-state index in [0.717, 1.165) is 17.7 Å². The molecule has 0 fully saturated rings. The average Bonchev–Trinajstić information content (AvgIpc) is 3.00. The number of oxazole rings is 1. The average molecular weight is 300 g/mol. The van der Waals surface area contributed by atoms with Crippen LogP contribution >= 0.6 is 0 Å². The Morgan fingerprint density at radius 2 is 2.00 bits per heavy atom. The minimum absolute atomic E-state index is 0.129. The van der Waals surface area contributed by atoms with Crippen molar-refractivity contribution in [2.45, 2.75) is 46.1 Å². The van der Waals surface area contributed by atoms with Crippen LogP contribution in [0.25, 0.3) is 11.3 Å². The Hall–Kier alpha value is -2.10. The van der Waals surface area contributed by atoms with Gasteiger partial charge in [-0.25, -0.2) is 4.98 Å². The van der Waals surface area contributed by atoms with Gasteiger partial charge in [-0.05, 0) is 20.3 Å². The number of nitrogens with zero attached hydrogens (tertiary/aromatic N) is 2. The Labute approximate surface area is 132 Å². The lowest BCUT2D eigenvalue weighted by Gasteiger charge is -2.23. The third-order valence-corrected chi connectivity index (χ3v) is 4.09. The van der Waals surface area contributed by atoms with E-state index in [1.54, 1.807) is 11.1 Å². The van der Waals surface area contributed by atoms with Gasteiger partial charge >= 0.3 is 0 Å². The molecule has 118 valence electrons. The molecule has 22 heavy (non-hydrogen) atoms. The minimum atomic E-state index is 0.129. The van der Waals surface area contributed by atoms with Gasteiger partial charge in [0.1, 0.15) is 0 Å². The Balaban J connectivity index is 1.95. The molecule has 0 saturated carbocycles. The first-order valence-electron chi connectivity index (χ1n) is 7.78. The second kappa shape index (κ2) is 7.25. The van der Waals surface area contributed by atoms with Gasteiger partial charge in [0.15, 0.2) is 11.7 Å². The number of amides is 1. The van der Waals surface area contributed by atoms with Crippen molar-refractivity contribution in [2.75, 3.05) is 7.05 Å². The summed E-state index contributed by atoms with van der Waals surface area (Å²) in [5, 5.41) is 0. The van der Waals surface area contributed by atoms with Crippen LogP contribution < -0.4 is 0 Å². The number of aromatic nitrogens is 1. The molecule has 2 aromatic rings. The van der Waals surface area contributed by atoms with Crippen LogP contribution in [0.15, 0.2) is 34.9 Å². The third-order valence-electron chi connectivity index (χ3n) is 4.09. The van der Waals surface area contributed by atoms with Crippen LogP contribution in [0.5, 0.6) is 0 Å². The second-order valence-corrected chi connectivity index (χ2v) is 5.75. The van der Waals surface area contributed by atoms with Gasteiger partial charge in [-0.1, -0.05) is 36.8 Å². The maximum atomic E-state index is 12.1. The van der Waals surface area contributed by atoms with E-state index in [1.165, 1.54) is 5.56 Å². The predicted octanol–water partition coefficient (Wildman–Crippen LogP) is 3.84. The zero-order valence-electron chi connectivity index (χ0n) is 13.8. The van der Waals surface area contributed by atoms with Crippen LogP contribution in [-0.2, 0) is 11.2 Å². The zero-order chi connectivity index (χ0) is 16.1. The highest BCUT2D eigenvalue weighted by atomic mass is 16.4. The van der Waals surface area contributed by atoms with E-state index in [4.69, 9.17) is 4.42 Å². The van der Waals surface area contributed by atoms with Gasteiger partial charge in [0, 0.05) is 31.5 Å². The first kappa shape index (κ1) is 16.3. The van der Waals surface area contributed by atoms with Gasteiger partial charge in [0.2, 0.25) is 5.91 Å². The SMILES string of the molecule is CCC(C)N(C)C(=O)CCc1ncc(-c2ccc(C)cc2)o1. The lowest BCUT2D eigenvalue weighted by Crippen LogP contribution is -2.34. The van der Waals surface area contributed by atoms with Crippen LogP contribution in [-0.4, -0.2) is 28.9 Å². The molecule has 1 heterocycles. The van der Waals surface area contributed by atoms with E-state index in [2.05, 4.69) is 25.8 Å². The molecule has 0 bridgehead atoms. The summed E-state index contributed by atoms with van der Waals surface area (Å²) in [6, 6.07) is 8.38. The number of rotatable bonds is 6. The van der Waals surface area contributed by atoms with Crippen molar-refractivity contribution >= 4 is 5.91 Å². The van der Waals surface area contributed by atoms with E-state index in [9.17, 15) is 4.79 Å². The first-order chi connectivity index (χ1) is 10.5. The number of hydrogen-bond donors (Lipinski definition) is 0. The van der Waals surface area contributed by atoms with Crippen LogP contribution in [0.2, 0.25) is 0 Å². The summed E-state index contributed by atoms with van der Waals surface area (Å²) >= 11 is 0. The second-order valence-electron chi connectivity index (χ2n) is 5.75. The topological polar surface area (TPSA) is 46.3 Å². The molecule has 2 rings (SSSR count). The monoisotopic (exact) mass is 300 g/mol. The van der Waals surface area contributed by atoms with E-state index in [0.29, 0.717) is 18.7 Å². The first-order valence-corrected chi connectivity index (χ1v) is 7.78. The standard InChI is InChI=1S/C18H24N2O2/c1-5-14(3)20(4)18(21)11-10-17-19-12-16(22-17)15-8-6-13(2)7-9-15/h6-9,12,14H,5,10-11H2,1-4H3. The highest BCUT2D eigenvalue weighted by Gasteiger charge is 2.15. The predicted molar refractivity (Wildman–Crippen MR) is 87.5 cm³/mol. The van der Waals surface area contributed by atoms with E-state index >= 15 is 0 Å². The molecule has 1 amide bonds. The van der Waals surface area contributed by atoms with Crippen LogP contribution in [0.4, 0.5) is 0 Å². The van der Waals surface area contributed by atoms with Crippen molar-refractivity contribution in [3.63, 3.8) is 0 Å². The summed E-state index contributed by atoms with van der Waals surface area (Å²) in [5.74, 6) is 1.49. The fourth-order valence-corrected chi connectivity index (χ4v) is 2.19. The largest absolute Gasteiger partial charge is 0.441 e.